The van der Waals surface area contributed by atoms with E-state index in [9.17, 15) is 0 Å². The third kappa shape index (κ3) is 6.64. The van der Waals surface area contributed by atoms with Crippen molar-refractivity contribution in [2.75, 3.05) is 24.5 Å². The summed E-state index contributed by atoms with van der Waals surface area (Å²) in [5, 5.41) is 10.3. The molecule has 7 heteroatoms. The molecule has 2 aromatic rings. The van der Waals surface area contributed by atoms with Crippen LogP contribution in [0.25, 0.3) is 0 Å². The van der Waals surface area contributed by atoms with E-state index < -0.39 is 0 Å². The molecule has 0 bridgehead atoms. The van der Waals surface area contributed by atoms with Gasteiger partial charge in [-0.15, -0.1) is 35.3 Å². The number of nitrogens with one attached hydrogen (secondary N) is 2. The van der Waals surface area contributed by atoms with Gasteiger partial charge in [0.25, 0.3) is 0 Å². The molecule has 1 aliphatic heterocycles. The van der Waals surface area contributed by atoms with Gasteiger partial charge in [0.15, 0.2) is 5.96 Å². The number of para-hydroxylation sites is 1. The molecular weight excluding hydrogens is 469 g/mol. The van der Waals surface area contributed by atoms with Gasteiger partial charge >= 0.3 is 0 Å². The van der Waals surface area contributed by atoms with Crippen LogP contribution >= 0.6 is 35.3 Å². The highest BCUT2D eigenvalue weighted by Crippen LogP contribution is 2.19. The molecule has 148 valence electrons. The predicted molar refractivity (Wildman–Crippen MR) is 127 cm³/mol. The van der Waals surface area contributed by atoms with Gasteiger partial charge in [0.2, 0.25) is 0 Å². The molecule has 0 aliphatic carbocycles. The van der Waals surface area contributed by atoms with Crippen LogP contribution in [0.3, 0.4) is 0 Å². The number of piperidine rings is 1. The molecule has 3 rings (SSSR count). The second kappa shape index (κ2) is 11.5. The standard InChI is InChI=1S/C20H29N5S.HI/c1-3-19-23-17(15-26-19)14-22-20(21-4-2)24-16-10-12-25(13-11-16)18-8-6-5-7-9-18;/h5-9,15-16H,3-4,10-14H2,1-2H3,(H2,21,22,24);1H. The van der Waals surface area contributed by atoms with Gasteiger partial charge in [0.1, 0.15) is 0 Å². The van der Waals surface area contributed by atoms with Crippen molar-refractivity contribution in [1.82, 2.24) is 15.6 Å². The van der Waals surface area contributed by atoms with Crippen LogP contribution in [0, 0.1) is 0 Å². The Hall–Kier alpha value is -1.35. The molecule has 0 radical (unpaired) electrons. The van der Waals surface area contributed by atoms with Crippen LogP contribution in [0.2, 0.25) is 0 Å². The first-order valence-corrected chi connectivity index (χ1v) is 10.4. The van der Waals surface area contributed by atoms with E-state index in [-0.39, 0.29) is 24.0 Å². The summed E-state index contributed by atoms with van der Waals surface area (Å²) in [5.41, 5.74) is 2.38. The smallest absolute Gasteiger partial charge is 0.191 e. The lowest BCUT2D eigenvalue weighted by Crippen LogP contribution is -2.48. The van der Waals surface area contributed by atoms with Crippen molar-refractivity contribution >= 4 is 47.0 Å². The topological polar surface area (TPSA) is 52.6 Å². The van der Waals surface area contributed by atoms with Crippen molar-refractivity contribution in [2.45, 2.75) is 45.7 Å². The quantitative estimate of drug-likeness (QED) is 0.358. The highest BCUT2D eigenvalue weighted by molar-refractivity contribution is 14.0. The summed E-state index contributed by atoms with van der Waals surface area (Å²) < 4.78 is 0. The first-order valence-electron chi connectivity index (χ1n) is 9.56. The molecule has 0 amide bonds. The lowest BCUT2D eigenvalue weighted by atomic mass is 10.0. The maximum Gasteiger partial charge on any atom is 0.191 e. The van der Waals surface area contributed by atoms with Crippen molar-refractivity contribution < 1.29 is 0 Å². The predicted octanol–water partition coefficient (Wildman–Crippen LogP) is 4.05. The Bertz CT molecular complexity index is 695. The number of benzene rings is 1. The molecule has 2 heterocycles. The molecule has 1 aromatic carbocycles. The molecule has 1 aromatic heterocycles. The molecule has 0 spiro atoms. The van der Waals surface area contributed by atoms with E-state index in [0.717, 1.165) is 50.6 Å². The molecular formula is C20H30IN5S. The van der Waals surface area contributed by atoms with Gasteiger partial charge in [-0.3, -0.25) is 0 Å². The largest absolute Gasteiger partial charge is 0.371 e. The lowest BCUT2D eigenvalue weighted by Gasteiger charge is -2.34. The summed E-state index contributed by atoms with van der Waals surface area (Å²) in [7, 11) is 0. The Morgan fingerprint density at radius 1 is 1.22 bits per heavy atom. The Morgan fingerprint density at radius 3 is 2.59 bits per heavy atom. The van der Waals surface area contributed by atoms with Crippen molar-refractivity contribution in [3.05, 3.63) is 46.4 Å². The average Bonchev–Trinajstić information content (AvgIpc) is 3.16. The zero-order valence-corrected chi connectivity index (χ0v) is 19.3. The zero-order valence-electron chi connectivity index (χ0n) is 16.1. The number of rotatable bonds is 6. The second-order valence-corrected chi connectivity index (χ2v) is 7.47. The molecule has 0 saturated carbocycles. The maximum atomic E-state index is 4.73. The minimum absolute atomic E-state index is 0. The molecule has 1 aliphatic rings. The van der Waals surface area contributed by atoms with Gasteiger partial charge < -0.3 is 15.5 Å². The fraction of sp³-hybridized carbons (Fsp3) is 0.500. The van der Waals surface area contributed by atoms with Crippen molar-refractivity contribution in [2.24, 2.45) is 4.99 Å². The summed E-state index contributed by atoms with van der Waals surface area (Å²) in [5.74, 6) is 0.900. The van der Waals surface area contributed by atoms with E-state index in [1.807, 2.05) is 0 Å². The van der Waals surface area contributed by atoms with Crippen LogP contribution in [-0.4, -0.2) is 36.6 Å². The second-order valence-electron chi connectivity index (χ2n) is 6.52. The van der Waals surface area contributed by atoms with Gasteiger partial charge in [-0.05, 0) is 38.3 Å². The molecule has 1 fully saturated rings. The molecule has 1 saturated heterocycles. The number of halogens is 1. The van der Waals surface area contributed by atoms with E-state index >= 15 is 0 Å². The zero-order chi connectivity index (χ0) is 18.2. The van der Waals surface area contributed by atoms with Crippen LogP contribution in [0.5, 0.6) is 0 Å². The van der Waals surface area contributed by atoms with E-state index in [2.05, 4.69) is 70.1 Å². The Kier molecular flexibility index (Phi) is 9.33. The third-order valence-corrected chi connectivity index (χ3v) is 5.64. The van der Waals surface area contributed by atoms with E-state index in [4.69, 9.17) is 4.99 Å². The first-order chi connectivity index (χ1) is 12.8. The third-order valence-electron chi connectivity index (χ3n) is 4.60. The fourth-order valence-electron chi connectivity index (χ4n) is 3.18. The minimum atomic E-state index is 0. The van der Waals surface area contributed by atoms with E-state index in [0.29, 0.717) is 12.6 Å². The van der Waals surface area contributed by atoms with Crippen molar-refractivity contribution in [1.29, 1.82) is 0 Å². The van der Waals surface area contributed by atoms with Crippen LogP contribution in [0.4, 0.5) is 5.69 Å². The molecule has 0 unspecified atom stereocenters. The van der Waals surface area contributed by atoms with Gasteiger partial charge in [0, 0.05) is 36.7 Å². The maximum absolute atomic E-state index is 4.73. The van der Waals surface area contributed by atoms with Gasteiger partial charge in [-0.1, -0.05) is 25.1 Å². The fourth-order valence-corrected chi connectivity index (χ4v) is 3.91. The number of aryl methyl sites for hydroxylation is 1. The normalized spacial score (nSPS) is 15.3. The summed E-state index contributed by atoms with van der Waals surface area (Å²) >= 11 is 1.72. The van der Waals surface area contributed by atoms with E-state index in [1.165, 1.54) is 10.7 Å². The highest BCUT2D eigenvalue weighted by atomic mass is 127. The van der Waals surface area contributed by atoms with Gasteiger partial charge in [0.05, 0.1) is 17.2 Å². The Morgan fingerprint density at radius 2 is 1.96 bits per heavy atom. The van der Waals surface area contributed by atoms with Crippen LogP contribution < -0.4 is 15.5 Å². The monoisotopic (exact) mass is 499 g/mol. The van der Waals surface area contributed by atoms with Crippen molar-refractivity contribution in [3.63, 3.8) is 0 Å². The lowest BCUT2D eigenvalue weighted by molar-refractivity contribution is 0.461. The number of nitrogens with zero attached hydrogens (tertiary/aromatic N) is 3. The highest BCUT2D eigenvalue weighted by Gasteiger charge is 2.20. The number of hydrogen-bond donors (Lipinski definition) is 2. The van der Waals surface area contributed by atoms with Gasteiger partial charge in [-0.25, -0.2) is 9.98 Å². The Balaban J connectivity index is 0.00000261. The number of aromatic nitrogens is 1. The van der Waals surface area contributed by atoms with Crippen LogP contribution in [0.1, 0.15) is 37.4 Å². The SMILES string of the molecule is CCNC(=NCc1csc(CC)n1)NC1CCN(c2ccccc2)CC1.I. The molecule has 0 atom stereocenters. The summed E-state index contributed by atoms with van der Waals surface area (Å²) in [6, 6.07) is 11.1. The van der Waals surface area contributed by atoms with E-state index in [1.54, 1.807) is 11.3 Å². The number of aliphatic imine (C=N–C) groups is 1. The molecule has 5 nitrogen and oxygen atoms in total. The van der Waals surface area contributed by atoms with Gasteiger partial charge in [-0.2, -0.15) is 0 Å². The number of guanidine groups is 1. The molecule has 27 heavy (non-hydrogen) atoms. The first kappa shape index (κ1) is 21.9. The molecule has 2 N–H and O–H groups in total. The number of thiazole rings is 1. The summed E-state index contributed by atoms with van der Waals surface area (Å²) in [6.45, 7) is 7.90. The summed E-state index contributed by atoms with van der Waals surface area (Å²) in [6.07, 6.45) is 3.23. The van der Waals surface area contributed by atoms with Crippen LogP contribution in [-0.2, 0) is 13.0 Å². The Labute approximate surface area is 183 Å². The number of hydrogen-bond acceptors (Lipinski definition) is 4. The number of anilines is 1. The summed E-state index contributed by atoms with van der Waals surface area (Å²) in [4.78, 5) is 11.8. The average molecular weight is 499 g/mol. The minimum Gasteiger partial charge on any atom is -0.371 e. The van der Waals surface area contributed by atoms with Crippen LogP contribution in [0.15, 0.2) is 40.7 Å². The van der Waals surface area contributed by atoms with Crippen molar-refractivity contribution in [3.8, 4) is 0 Å².